The number of hydrogen-bond acceptors (Lipinski definition) is 6. The lowest BCUT2D eigenvalue weighted by atomic mass is 10.00. The molecule has 0 aliphatic carbocycles. The van der Waals surface area contributed by atoms with Gasteiger partial charge in [-0.3, -0.25) is 14.4 Å². The largest absolute Gasteiger partial charge is 0.462 e. The Labute approximate surface area is 278 Å². The van der Waals surface area contributed by atoms with Crippen LogP contribution in [0.4, 0.5) is 0 Å². The molecule has 0 radical (unpaired) electrons. The molecule has 45 heavy (non-hydrogen) atoms. The van der Waals surface area contributed by atoms with Crippen LogP contribution in [0.1, 0.15) is 207 Å². The molecular formula is C39H74O6. The lowest BCUT2D eigenvalue weighted by Gasteiger charge is -2.18. The number of carbonyl (C=O) groups is 3. The molecule has 0 N–H and O–H groups in total. The van der Waals surface area contributed by atoms with Crippen molar-refractivity contribution in [3.63, 3.8) is 0 Å². The van der Waals surface area contributed by atoms with Gasteiger partial charge in [0.1, 0.15) is 13.2 Å². The van der Waals surface area contributed by atoms with E-state index in [1.165, 1.54) is 103 Å². The van der Waals surface area contributed by atoms with Crippen LogP contribution in [0.2, 0.25) is 0 Å². The van der Waals surface area contributed by atoms with Gasteiger partial charge in [0.25, 0.3) is 0 Å². The van der Waals surface area contributed by atoms with E-state index >= 15 is 0 Å². The van der Waals surface area contributed by atoms with Crippen molar-refractivity contribution in [2.24, 2.45) is 5.92 Å². The SMILES string of the molecule is CCCCCCCCCCCCC(=O)OC[C@@H](COC(=O)CCCCCCCCC(C)CC)OC(=O)CCCCCCCCC. The third-order valence-corrected chi connectivity index (χ3v) is 8.90. The fourth-order valence-electron chi connectivity index (χ4n) is 5.53. The molecule has 0 saturated carbocycles. The van der Waals surface area contributed by atoms with Crippen LogP contribution in [0.5, 0.6) is 0 Å². The number of unbranched alkanes of at least 4 members (excludes halogenated alkanes) is 20. The number of hydrogen-bond donors (Lipinski definition) is 0. The zero-order valence-corrected chi connectivity index (χ0v) is 30.3. The first-order chi connectivity index (χ1) is 21.9. The van der Waals surface area contributed by atoms with Crippen molar-refractivity contribution in [3.8, 4) is 0 Å². The first-order valence-electron chi connectivity index (χ1n) is 19.4. The summed E-state index contributed by atoms with van der Waals surface area (Å²) in [5.74, 6) is -0.0605. The molecule has 0 aromatic rings. The summed E-state index contributed by atoms with van der Waals surface area (Å²) in [5, 5.41) is 0. The normalized spacial score (nSPS) is 12.5. The van der Waals surface area contributed by atoms with Crippen LogP contribution in [-0.4, -0.2) is 37.2 Å². The van der Waals surface area contributed by atoms with Gasteiger partial charge in [0, 0.05) is 19.3 Å². The van der Waals surface area contributed by atoms with Crippen molar-refractivity contribution in [1.29, 1.82) is 0 Å². The van der Waals surface area contributed by atoms with Crippen molar-refractivity contribution in [2.45, 2.75) is 214 Å². The highest BCUT2D eigenvalue weighted by molar-refractivity contribution is 5.71. The molecule has 6 nitrogen and oxygen atoms in total. The summed E-state index contributed by atoms with van der Waals surface area (Å²) >= 11 is 0. The Balaban J connectivity index is 4.33. The molecule has 0 aromatic carbocycles. The zero-order valence-electron chi connectivity index (χ0n) is 30.3. The minimum absolute atomic E-state index is 0.0662. The molecule has 0 heterocycles. The van der Waals surface area contributed by atoms with Gasteiger partial charge in [-0.05, 0) is 25.2 Å². The van der Waals surface area contributed by atoms with E-state index in [0.29, 0.717) is 19.3 Å². The van der Waals surface area contributed by atoms with Crippen molar-refractivity contribution in [2.75, 3.05) is 13.2 Å². The lowest BCUT2D eigenvalue weighted by Crippen LogP contribution is -2.30. The number of ether oxygens (including phenoxy) is 3. The summed E-state index contributed by atoms with van der Waals surface area (Å²) in [6, 6.07) is 0. The highest BCUT2D eigenvalue weighted by Gasteiger charge is 2.19. The van der Waals surface area contributed by atoms with Crippen LogP contribution < -0.4 is 0 Å². The number of carbonyl (C=O) groups excluding carboxylic acids is 3. The predicted molar refractivity (Wildman–Crippen MR) is 187 cm³/mol. The lowest BCUT2D eigenvalue weighted by molar-refractivity contribution is -0.167. The maximum absolute atomic E-state index is 12.5. The van der Waals surface area contributed by atoms with Crippen LogP contribution in [-0.2, 0) is 28.6 Å². The topological polar surface area (TPSA) is 78.9 Å². The summed E-state index contributed by atoms with van der Waals surface area (Å²) in [4.78, 5) is 37.3. The fourth-order valence-corrected chi connectivity index (χ4v) is 5.53. The maximum atomic E-state index is 12.5. The van der Waals surface area contributed by atoms with Crippen LogP contribution in [0.25, 0.3) is 0 Å². The van der Waals surface area contributed by atoms with Gasteiger partial charge < -0.3 is 14.2 Å². The predicted octanol–water partition coefficient (Wildman–Crippen LogP) is 11.6. The third kappa shape index (κ3) is 32.2. The molecule has 0 rings (SSSR count). The molecule has 0 spiro atoms. The van der Waals surface area contributed by atoms with Gasteiger partial charge in [0.15, 0.2) is 6.10 Å². The Morgan fingerprint density at radius 2 is 0.778 bits per heavy atom. The van der Waals surface area contributed by atoms with Crippen molar-refractivity contribution >= 4 is 17.9 Å². The van der Waals surface area contributed by atoms with Gasteiger partial charge in [0.05, 0.1) is 0 Å². The first-order valence-corrected chi connectivity index (χ1v) is 19.4. The minimum atomic E-state index is -0.756. The van der Waals surface area contributed by atoms with Crippen LogP contribution in [0.3, 0.4) is 0 Å². The summed E-state index contributed by atoms with van der Waals surface area (Å²) in [6.45, 7) is 8.88. The van der Waals surface area contributed by atoms with E-state index in [9.17, 15) is 14.4 Å². The Kier molecular flexibility index (Phi) is 32.6. The van der Waals surface area contributed by atoms with E-state index in [1.54, 1.807) is 0 Å². The maximum Gasteiger partial charge on any atom is 0.306 e. The van der Waals surface area contributed by atoms with E-state index in [1.807, 2.05) is 0 Å². The van der Waals surface area contributed by atoms with Gasteiger partial charge in [-0.25, -0.2) is 0 Å². The molecule has 266 valence electrons. The molecule has 0 saturated heterocycles. The van der Waals surface area contributed by atoms with Crippen LogP contribution >= 0.6 is 0 Å². The average Bonchev–Trinajstić information content (AvgIpc) is 3.03. The Morgan fingerprint density at radius 1 is 0.444 bits per heavy atom. The van der Waals surface area contributed by atoms with Crippen LogP contribution in [0.15, 0.2) is 0 Å². The highest BCUT2D eigenvalue weighted by atomic mass is 16.6. The van der Waals surface area contributed by atoms with Crippen molar-refractivity contribution < 1.29 is 28.6 Å². The quantitative estimate of drug-likeness (QED) is 0.0396. The molecule has 0 bridgehead atoms. The van der Waals surface area contributed by atoms with E-state index < -0.39 is 6.10 Å². The number of esters is 3. The van der Waals surface area contributed by atoms with E-state index in [4.69, 9.17) is 14.2 Å². The van der Waals surface area contributed by atoms with Crippen LogP contribution in [0, 0.1) is 5.92 Å². The Morgan fingerprint density at radius 3 is 1.16 bits per heavy atom. The molecule has 0 aromatic heterocycles. The van der Waals surface area contributed by atoms with Gasteiger partial charge in [-0.1, -0.05) is 169 Å². The standard InChI is InChI=1S/C39H74O6/c1-5-8-10-12-14-15-16-18-22-26-30-37(40)43-33-36(45-39(42)32-28-24-17-13-11-9-6-2)34-44-38(41)31-27-23-20-19-21-25-29-35(4)7-3/h35-36H,5-34H2,1-4H3/t35?,36-/m0/s1. The Hall–Kier alpha value is -1.59. The molecule has 1 unspecified atom stereocenters. The Bertz CT molecular complexity index is 678. The van der Waals surface area contributed by atoms with E-state index in [2.05, 4.69) is 27.7 Å². The van der Waals surface area contributed by atoms with E-state index in [0.717, 1.165) is 63.7 Å². The molecule has 0 aliphatic heterocycles. The minimum Gasteiger partial charge on any atom is -0.462 e. The second kappa shape index (κ2) is 33.8. The molecule has 0 amide bonds. The average molecular weight is 639 g/mol. The van der Waals surface area contributed by atoms with Gasteiger partial charge in [-0.15, -0.1) is 0 Å². The zero-order chi connectivity index (χ0) is 33.2. The summed E-state index contributed by atoms with van der Waals surface area (Å²) in [6.07, 6.45) is 29.5. The highest BCUT2D eigenvalue weighted by Crippen LogP contribution is 2.15. The summed E-state index contributed by atoms with van der Waals surface area (Å²) in [5.41, 5.74) is 0. The second-order valence-electron chi connectivity index (χ2n) is 13.5. The fraction of sp³-hybridized carbons (Fsp3) is 0.923. The third-order valence-electron chi connectivity index (χ3n) is 8.90. The molecular weight excluding hydrogens is 564 g/mol. The van der Waals surface area contributed by atoms with Gasteiger partial charge in [0.2, 0.25) is 0 Å². The van der Waals surface area contributed by atoms with Crippen molar-refractivity contribution in [3.05, 3.63) is 0 Å². The van der Waals surface area contributed by atoms with E-state index in [-0.39, 0.29) is 31.1 Å². The molecule has 0 fully saturated rings. The summed E-state index contributed by atoms with van der Waals surface area (Å²) < 4.78 is 16.5. The summed E-state index contributed by atoms with van der Waals surface area (Å²) in [7, 11) is 0. The molecule has 2 atom stereocenters. The smallest absolute Gasteiger partial charge is 0.306 e. The molecule has 0 aliphatic rings. The van der Waals surface area contributed by atoms with Gasteiger partial charge in [-0.2, -0.15) is 0 Å². The second-order valence-corrected chi connectivity index (χ2v) is 13.5. The van der Waals surface area contributed by atoms with Gasteiger partial charge >= 0.3 is 17.9 Å². The number of rotatable bonds is 34. The molecule has 6 heteroatoms. The first kappa shape index (κ1) is 43.4. The monoisotopic (exact) mass is 639 g/mol. The van der Waals surface area contributed by atoms with Crippen molar-refractivity contribution in [1.82, 2.24) is 0 Å².